The molecule has 32 heavy (non-hydrogen) atoms. The van der Waals surface area contributed by atoms with Crippen molar-refractivity contribution in [1.29, 1.82) is 0 Å². The van der Waals surface area contributed by atoms with Gasteiger partial charge in [0.25, 0.3) is 0 Å². The van der Waals surface area contributed by atoms with Crippen molar-refractivity contribution in [3.05, 3.63) is 0 Å². The highest BCUT2D eigenvalue weighted by molar-refractivity contribution is 4.67. The predicted molar refractivity (Wildman–Crippen MR) is 147 cm³/mol. The van der Waals surface area contributed by atoms with Crippen LogP contribution in [-0.2, 0) is 0 Å². The van der Waals surface area contributed by atoms with Crippen molar-refractivity contribution in [3.63, 3.8) is 0 Å². The number of hydrogen-bond acceptors (Lipinski definition) is 0. The fourth-order valence-corrected chi connectivity index (χ4v) is 5.71. The van der Waals surface area contributed by atoms with E-state index in [9.17, 15) is 0 Å². The molecule has 4 aliphatic carbocycles. The van der Waals surface area contributed by atoms with Crippen LogP contribution in [0.2, 0.25) is 0 Å². The molecular formula is C32H64. The van der Waals surface area contributed by atoms with Crippen LogP contribution >= 0.6 is 0 Å². The lowest BCUT2D eigenvalue weighted by Gasteiger charge is -2.22. The molecule has 0 amide bonds. The van der Waals surface area contributed by atoms with E-state index >= 15 is 0 Å². The summed E-state index contributed by atoms with van der Waals surface area (Å²) in [5.41, 5.74) is 0. The van der Waals surface area contributed by atoms with Gasteiger partial charge in [-0.25, -0.2) is 0 Å². The molecule has 0 aromatic heterocycles. The van der Waals surface area contributed by atoms with Crippen molar-refractivity contribution < 1.29 is 0 Å². The molecule has 0 aromatic carbocycles. The SMILES string of the molecule is CC1CCC(C)CC1.CC1CCC(C)CC1.CC1CCC(C)CC1.CC1CCC(C)CC1. The summed E-state index contributed by atoms with van der Waals surface area (Å²) in [5.74, 6) is 8.16. The summed E-state index contributed by atoms with van der Waals surface area (Å²) in [5, 5.41) is 0. The van der Waals surface area contributed by atoms with Gasteiger partial charge >= 0.3 is 0 Å². The average Bonchev–Trinajstić information content (AvgIpc) is 2.78. The molecule has 0 N–H and O–H groups in total. The molecule has 0 aromatic rings. The molecule has 0 bridgehead atoms. The van der Waals surface area contributed by atoms with Crippen LogP contribution in [0.4, 0.5) is 0 Å². The number of rotatable bonds is 0. The second-order valence-corrected chi connectivity index (χ2v) is 13.5. The molecule has 0 heteroatoms. The highest BCUT2D eigenvalue weighted by Crippen LogP contribution is 2.29. The summed E-state index contributed by atoms with van der Waals surface area (Å²) < 4.78 is 0. The smallest absolute Gasteiger partial charge is 0.0443 e. The van der Waals surface area contributed by atoms with Crippen LogP contribution in [0, 0.1) is 47.3 Å². The molecule has 0 spiro atoms. The van der Waals surface area contributed by atoms with E-state index in [2.05, 4.69) is 55.4 Å². The van der Waals surface area contributed by atoms with Gasteiger partial charge in [0.15, 0.2) is 0 Å². The first-order chi connectivity index (χ1) is 15.2. The van der Waals surface area contributed by atoms with Gasteiger partial charge in [0.2, 0.25) is 0 Å². The Balaban J connectivity index is 0.000000213. The van der Waals surface area contributed by atoms with Gasteiger partial charge in [-0.05, 0) is 47.3 Å². The van der Waals surface area contributed by atoms with Crippen LogP contribution in [-0.4, -0.2) is 0 Å². The van der Waals surface area contributed by atoms with Gasteiger partial charge in [-0.3, -0.25) is 0 Å². The molecule has 0 aliphatic heterocycles. The predicted octanol–water partition coefficient (Wildman–Crippen LogP) is 11.3. The second kappa shape index (κ2) is 17.4. The van der Waals surface area contributed by atoms with Crippen LogP contribution in [0.3, 0.4) is 0 Å². The topological polar surface area (TPSA) is 0 Å². The van der Waals surface area contributed by atoms with E-state index in [1.807, 2.05) is 0 Å². The normalized spacial score (nSPS) is 39.8. The Kier molecular flexibility index (Phi) is 16.4. The van der Waals surface area contributed by atoms with E-state index in [1.54, 1.807) is 0 Å². The maximum Gasteiger partial charge on any atom is -0.0443 e. The Hall–Kier alpha value is 0. The minimum Gasteiger partial charge on any atom is -0.0625 e. The zero-order valence-corrected chi connectivity index (χ0v) is 23.9. The lowest BCUT2D eigenvalue weighted by Crippen LogP contribution is -2.08. The van der Waals surface area contributed by atoms with Gasteiger partial charge < -0.3 is 0 Å². The Bertz CT molecular complexity index is 274. The third-order valence-corrected chi connectivity index (χ3v) is 9.22. The summed E-state index contributed by atoms with van der Waals surface area (Å²) in [6.45, 7) is 18.9. The Morgan fingerprint density at radius 1 is 0.188 bits per heavy atom. The molecule has 0 unspecified atom stereocenters. The lowest BCUT2D eigenvalue weighted by atomic mass is 9.84. The first-order valence-corrected chi connectivity index (χ1v) is 15.2. The Morgan fingerprint density at radius 3 is 0.312 bits per heavy atom. The van der Waals surface area contributed by atoms with E-state index in [0.29, 0.717) is 0 Å². The van der Waals surface area contributed by atoms with Crippen molar-refractivity contribution in [3.8, 4) is 0 Å². The first-order valence-electron chi connectivity index (χ1n) is 15.2. The molecule has 4 rings (SSSR count). The minimum atomic E-state index is 1.02. The van der Waals surface area contributed by atoms with Gasteiger partial charge in [-0.15, -0.1) is 0 Å². The van der Waals surface area contributed by atoms with E-state index < -0.39 is 0 Å². The molecule has 4 aliphatic rings. The standard InChI is InChI=1S/4C8H16/c4*1-7-3-5-8(2)6-4-7/h4*7-8H,3-6H2,1-2H3. The monoisotopic (exact) mass is 449 g/mol. The van der Waals surface area contributed by atoms with Crippen molar-refractivity contribution in [2.75, 3.05) is 0 Å². The van der Waals surface area contributed by atoms with Gasteiger partial charge in [0.05, 0.1) is 0 Å². The largest absolute Gasteiger partial charge is 0.0625 e. The average molecular weight is 449 g/mol. The van der Waals surface area contributed by atoms with Crippen LogP contribution in [0.1, 0.15) is 158 Å². The fraction of sp³-hybridized carbons (Fsp3) is 1.00. The van der Waals surface area contributed by atoms with Gasteiger partial charge in [0.1, 0.15) is 0 Å². The zero-order chi connectivity index (χ0) is 23.9. The molecule has 192 valence electrons. The summed E-state index contributed by atoms with van der Waals surface area (Å²) in [6, 6.07) is 0. The maximum absolute atomic E-state index is 2.37. The highest BCUT2D eigenvalue weighted by Gasteiger charge is 2.15. The first kappa shape index (κ1) is 30.0. The van der Waals surface area contributed by atoms with Gasteiger partial charge in [0, 0.05) is 0 Å². The summed E-state index contributed by atoms with van der Waals surface area (Å²) in [7, 11) is 0. The molecule has 4 saturated carbocycles. The third kappa shape index (κ3) is 15.8. The van der Waals surface area contributed by atoms with Crippen LogP contribution in [0.15, 0.2) is 0 Å². The lowest BCUT2D eigenvalue weighted by molar-refractivity contribution is 0.308. The van der Waals surface area contributed by atoms with Crippen molar-refractivity contribution >= 4 is 0 Å². The summed E-state index contributed by atoms with van der Waals surface area (Å²) in [4.78, 5) is 0. The van der Waals surface area contributed by atoms with Crippen molar-refractivity contribution in [2.24, 2.45) is 47.3 Å². The van der Waals surface area contributed by atoms with Gasteiger partial charge in [-0.2, -0.15) is 0 Å². The molecule has 0 radical (unpaired) electrons. The van der Waals surface area contributed by atoms with Gasteiger partial charge in [-0.1, -0.05) is 158 Å². The minimum absolute atomic E-state index is 1.02. The highest BCUT2D eigenvalue weighted by atomic mass is 14.2. The van der Waals surface area contributed by atoms with E-state index in [0.717, 1.165) is 47.3 Å². The second-order valence-electron chi connectivity index (χ2n) is 13.5. The summed E-state index contributed by atoms with van der Waals surface area (Å²) in [6.07, 6.45) is 23.6. The Morgan fingerprint density at radius 2 is 0.250 bits per heavy atom. The maximum atomic E-state index is 2.37. The molecular weight excluding hydrogens is 384 g/mol. The molecule has 0 atom stereocenters. The van der Waals surface area contributed by atoms with Crippen molar-refractivity contribution in [2.45, 2.75) is 158 Å². The molecule has 0 saturated heterocycles. The van der Waals surface area contributed by atoms with E-state index in [-0.39, 0.29) is 0 Å². The fourth-order valence-electron chi connectivity index (χ4n) is 5.71. The zero-order valence-electron chi connectivity index (χ0n) is 23.9. The quantitative estimate of drug-likeness (QED) is 0.345. The Labute approximate surface area is 205 Å². The molecule has 0 heterocycles. The van der Waals surface area contributed by atoms with E-state index in [4.69, 9.17) is 0 Å². The van der Waals surface area contributed by atoms with Crippen LogP contribution in [0.5, 0.6) is 0 Å². The third-order valence-electron chi connectivity index (χ3n) is 9.22. The van der Waals surface area contributed by atoms with Crippen LogP contribution in [0.25, 0.3) is 0 Å². The number of hydrogen-bond donors (Lipinski definition) is 0. The summed E-state index contributed by atoms with van der Waals surface area (Å²) >= 11 is 0. The molecule has 4 fully saturated rings. The van der Waals surface area contributed by atoms with Crippen molar-refractivity contribution in [1.82, 2.24) is 0 Å². The van der Waals surface area contributed by atoms with Crippen LogP contribution < -0.4 is 0 Å². The van der Waals surface area contributed by atoms with E-state index in [1.165, 1.54) is 103 Å². The molecule has 0 nitrogen and oxygen atoms in total.